The van der Waals surface area contributed by atoms with Crippen molar-refractivity contribution in [3.8, 4) is 5.75 Å². The lowest BCUT2D eigenvalue weighted by atomic mass is 9.92. The number of ether oxygens (including phenoxy) is 1. The number of rotatable bonds is 7. The van der Waals surface area contributed by atoms with E-state index in [9.17, 15) is 4.79 Å². The van der Waals surface area contributed by atoms with Crippen LogP contribution >= 0.6 is 15.9 Å². The van der Waals surface area contributed by atoms with E-state index in [1.54, 1.807) is 7.11 Å². The zero-order valence-corrected chi connectivity index (χ0v) is 17.8. The maximum absolute atomic E-state index is 12.6. The highest BCUT2D eigenvalue weighted by molar-refractivity contribution is 9.10. The molecule has 0 radical (unpaired) electrons. The van der Waals surface area contributed by atoms with Crippen LogP contribution in [0.4, 0.5) is 5.69 Å². The molecule has 0 unspecified atom stereocenters. The number of anilines is 1. The molecule has 2 rings (SSSR count). The molecule has 1 N–H and O–H groups in total. The monoisotopic (exact) mass is 417 g/mol. The molecule has 0 saturated carbocycles. The van der Waals surface area contributed by atoms with Gasteiger partial charge in [-0.05, 0) is 63.0 Å². The van der Waals surface area contributed by atoms with E-state index >= 15 is 0 Å². The second kappa shape index (κ2) is 9.22. The third-order valence-electron chi connectivity index (χ3n) is 4.49. The van der Waals surface area contributed by atoms with Gasteiger partial charge in [-0.2, -0.15) is 0 Å². The van der Waals surface area contributed by atoms with E-state index in [1.807, 2.05) is 18.2 Å². The molecule has 0 fully saturated rings. The van der Waals surface area contributed by atoms with Gasteiger partial charge in [-0.3, -0.25) is 4.79 Å². The minimum absolute atomic E-state index is 0.0481. The van der Waals surface area contributed by atoms with Crippen molar-refractivity contribution in [1.29, 1.82) is 0 Å². The molecular weight excluding hydrogens is 390 g/mol. The summed E-state index contributed by atoms with van der Waals surface area (Å²) in [4.78, 5) is 12.6. The number of amides is 1. The lowest BCUT2D eigenvalue weighted by Gasteiger charge is -2.20. The second-order valence-electron chi connectivity index (χ2n) is 7.14. The van der Waals surface area contributed by atoms with E-state index in [4.69, 9.17) is 4.74 Å². The Labute approximate surface area is 165 Å². The first-order valence-corrected chi connectivity index (χ1v) is 9.87. The average Bonchev–Trinajstić information content (AvgIpc) is 2.59. The number of methoxy groups -OCH3 is 1. The third kappa shape index (κ3) is 5.10. The van der Waals surface area contributed by atoms with E-state index in [0.29, 0.717) is 24.7 Å². The Balaban J connectivity index is 2.11. The standard InChI is InChI=1S/C22H28BrNO2/c1-14(2)17-7-6-8-18(15(3)4)22(17)24-21(25)12-10-16-9-11-20(26-5)19(23)13-16/h6-9,11,13-15H,10,12H2,1-5H3,(H,24,25). The molecule has 0 saturated heterocycles. The van der Waals surface area contributed by atoms with Crippen molar-refractivity contribution in [1.82, 2.24) is 0 Å². The van der Waals surface area contributed by atoms with Crippen molar-refractivity contribution in [2.45, 2.75) is 52.4 Å². The van der Waals surface area contributed by atoms with Crippen LogP contribution in [0.3, 0.4) is 0 Å². The first kappa shape index (κ1) is 20.5. The Kier molecular flexibility index (Phi) is 7.27. The van der Waals surface area contributed by atoms with Crippen molar-refractivity contribution >= 4 is 27.5 Å². The van der Waals surface area contributed by atoms with Gasteiger partial charge in [-0.1, -0.05) is 52.0 Å². The van der Waals surface area contributed by atoms with Crippen molar-refractivity contribution in [3.63, 3.8) is 0 Å². The number of hydrogen-bond acceptors (Lipinski definition) is 2. The van der Waals surface area contributed by atoms with Crippen LogP contribution in [0.25, 0.3) is 0 Å². The van der Waals surface area contributed by atoms with Crippen LogP contribution in [-0.4, -0.2) is 13.0 Å². The number of para-hydroxylation sites is 1. The van der Waals surface area contributed by atoms with Gasteiger partial charge in [-0.15, -0.1) is 0 Å². The largest absolute Gasteiger partial charge is 0.496 e. The van der Waals surface area contributed by atoms with Crippen molar-refractivity contribution in [2.24, 2.45) is 0 Å². The summed E-state index contributed by atoms with van der Waals surface area (Å²) in [7, 11) is 1.64. The molecule has 0 aliphatic carbocycles. The second-order valence-corrected chi connectivity index (χ2v) is 7.99. The highest BCUT2D eigenvalue weighted by atomic mass is 79.9. The van der Waals surface area contributed by atoms with Crippen molar-refractivity contribution < 1.29 is 9.53 Å². The molecule has 2 aromatic rings. The number of halogens is 1. The zero-order valence-electron chi connectivity index (χ0n) is 16.2. The SMILES string of the molecule is COc1ccc(CCC(=O)Nc2c(C(C)C)cccc2C(C)C)cc1Br. The summed E-state index contributed by atoms with van der Waals surface area (Å²) in [5, 5.41) is 3.17. The lowest BCUT2D eigenvalue weighted by molar-refractivity contribution is -0.116. The average molecular weight is 418 g/mol. The zero-order chi connectivity index (χ0) is 19.3. The number of hydrogen-bond donors (Lipinski definition) is 1. The summed E-state index contributed by atoms with van der Waals surface area (Å²) >= 11 is 3.49. The predicted molar refractivity (Wildman–Crippen MR) is 112 cm³/mol. The van der Waals surface area contributed by atoms with Gasteiger partial charge in [0.15, 0.2) is 0 Å². The Morgan fingerprint density at radius 2 is 1.69 bits per heavy atom. The molecule has 0 spiro atoms. The Morgan fingerprint density at radius 1 is 1.08 bits per heavy atom. The lowest BCUT2D eigenvalue weighted by Crippen LogP contribution is -2.16. The van der Waals surface area contributed by atoms with E-state index < -0.39 is 0 Å². The summed E-state index contributed by atoms with van der Waals surface area (Å²) in [6.07, 6.45) is 1.14. The summed E-state index contributed by atoms with van der Waals surface area (Å²) < 4.78 is 6.16. The van der Waals surface area contributed by atoms with Gasteiger partial charge in [-0.25, -0.2) is 0 Å². The van der Waals surface area contributed by atoms with Crippen LogP contribution in [0.1, 0.15) is 62.6 Å². The molecule has 3 nitrogen and oxygen atoms in total. The van der Waals surface area contributed by atoms with Gasteiger partial charge in [0.05, 0.1) is 11.6 Å². The molecule has 2 aromatic carbocycles. The quantitative estimate of drug-likeness (QED) is 0.575. The van der Waals surface area contributed by atoms with Crippen LogP contribution in [-0.2, 0) is 11.2 Å². The first-order chi connectivity index (χ1) is 12.3. The number of carbonyl (C=O) groups is 1. The molecule has 1 amide bonds. The maximum Gasteiger partial charge on any atom is 0.224 e. The molecular formula is C22H28BrNO2. The third-order valence-corrected chi connectivity index (χ3v) is 5.11. The summed E-state index contributed by atoms with van der Waals surface area (Å²) in [5.74, 6) is 1.57. The summed E-state index contributed by atoms with van der Waals surface area (Å²) in [6.45, 7) is 8.63. The van der Waals surface area contributed by atoms with Gasteiger partial charge < -0.3 is 10.1 Å². The highest BCUT2D eigenvalue weighted by Crippen LogP contribution is 2.32. The molecule has 0 aliphatic heterocycles. The van der Waals surface area contributed by atoms with Gasteiger partial charge in [0, 0.05) is 12.1 Å². The van der Waals surface area contributed by atoms with Crippen LogP contribution in [0, 0.1) is 0 Å². The number of benzene rings is 2. The predicted octanol–water partition coefficient (Wildman–Crippen LogP) is 6.28. The van der Waals surface area contributed by atoms with Crippen LogP contribution in [0.15, 0.2) is 40.9 Å². The first-order valence-electron chi connectivity index (χ1n) is 9.08. The number of carbonyl (C=O) groups excluding carboxylic acids is 1. The number of nitrogens with one attached hydrogen (secondary N) is 1. The molecule has 4 heteroatoms. The van der Waals surface area contributed by atoms with E-state index in [2.05, 4.69) is 67.1 Å². The molecule has 0 bridgehead atoms. The fraction of sp³-hybridized carbons (Fsp3) is 0.409. The molecule has 26 heavy (non-hydrogen) atoms. The fourth-order valence-corrected chi connectivity index (χ4v) is 3.61. The topological polar surface area (TPSA) is 38.3 Å². The van der Waals surface area contributed by atoms with Gasteiger partial charge in [0.25, 0.3) is 0 Å². The Bertz CT molecular complexity index is 742. The maximum atomic E-state index is 12.6. The van der Waals surface area contributed by atoms with E-state index in [1.165, 1.54) is 11.1 Å². The molecule has 0 atom stereocenters. The summed E-state index contributed by atoms with van der Waals surface area (Å²) in [6, 6.07) is 12.2. The van der Waals surface area contributed by atoms with E-state index in [0.717, 1.165) is 21.5 Å². The molecule has 140 valence electrons. The van der Waals surface area contributed by atoms with Crippen LogP contribution in [0.5, 0.6) is 5.75 Å². The highest BCUT2D eigenvalue weighted by Gasteiger charge is 2.16. The molecule has 0 aliphatic rings. The minimum atomic E-state index is 0.0481. The fourth-order valence-electron chi connectivity index (χ4n) is 3.02. The van der Waals surface area contributed by atoms with Crippen LogP contribution in [0.2, 0.25) is 0 Å². The Hall–Kier alpha value is -1.81. The van der Waals surface area contributed by atoms with Gasteiger partial charge >= 0.3 is 0 Å². The van der Waals surface area contributed by atoms with Crippen LogP contribution < -0.4 is 10.1 Å². The normalized spacial score (nSPS) is 11.1. The molecule has 0 heterocycles. The van der Waals surface area contributed by atoms with Crippen molar-refractivity contribution in [2.75, 3.05) is 12.4 Å². The van der Waals surface area contributed by atoms with Gasteiger partial charge in [0.2, 0.25) is 5.91 Å². The Morgan fingerprint density at radius 3 is 2.19 bits per heavy atom. The summed E-state index contributed by atoms with van der Waals surface area (Å²) in [5.41, 5.74) is 4.47. The number of aryl methyl sites for hydroxylation is 1. The van der Waals surface area contributed by atoms with E-state index in [-0.39, 0.29) is 5.91 Å². The molecule has 0 aromatic heterocycles. The van der Waals surface area contributed by atoms with Gasteiger partial charge in [0.1, 0.15) is 5.75 Å². The smallest absolute Gasteiger partial charge is 0.224 e. The minimum Gasteiger partial charge on any atom is -0.496 e. The van der Waals surface area contributed by atoms with Crippen molar-refractivity contribution in [3.05, 3.63) is 57.6 Å².